The van der Waals surface area contributed by atoms with Crippen molar-refractivity contribution in [2.24, 2.45) is 0 Å². The highest BCUT2D eigenvalue weighted by Crippen LogP contribution is 2.10. The van der Waals surface area contributed by atoms with Crippen molar-refractivity contribution < 1.29 is 4.74 Å². The molecule has 1 aliphatic heterocycles. The minimum absolute atomic E-state index is 0.217. The van der Waals surface area contributed by atoms with Crippen LogP contribution >= 0.6 is 36.8 Å². The van der Waals surface area contributed by atoms with E-state index in [-0.39, 0.29) is 4.38 Å². The second-order valence-corrected chi connectivity index (χ2v) is 3.24. The molecule has 0 amide bonds. The number of hydrogen-bond donors (Lipinski definition) is 2. The summed E-state index contributed by atoms with van der Waals surface area (Å²) in [5.74, 6) is 0.618. The summed E-state index contributed by atoms with van der Waals surface area (Å²) in [7, 11) is 0. The summed E-state index contributed by atoms with van der Waals surface area (Å²) in [6.07, 6.45) is 3.64. The topological polar surface area (TPSA) is 21.3 Å². The monoisotopic (exact) mass is 191 g/mol. The molecule has 0 aromatic rings. The molecule has 0 saturated heterocycles. The number of ether oxygens (including phenoxy) is 1. The largest absolute Gasteiger partial charge is 0.423 e. The minimum atomic E-state index is 0.217. The molecule has 1 N–H and O–H groups in total. The van der Waals surface area contributed by atoms with Crippen LogP contribution in [0.1, 0.15) is 0 Å². The van der Waals surface area contributed by atoms with Gasteiger partial charge in [0.05, 0.1) is 0 Å². The van der Waals surface area contributed by atoms with Crippen LogP contribution in [0, 0.1) is 0 Å². The lowest BCUT2D eigenvalue weighted by molar-refractivity contribution is 0.420. The standard InChI is InChI=1S/C5H5NOS3/c8-5(9)7-4-2-1-3-10-6-4/h1-3,6H,(H,8,9). The normalized spacial score (nSPS) is 15.5. The average Bonchev–Trinajstić information content (AvgIpc) is 1.88. The number of thiocarbonyl (C=S) groups is 1. The molecular formula is C5H5NOS3. The van der Waals surface area contributed by atoms with Gasteiger partial charge in [-0.1, -0.05) is 12.6 Å². The highest BCUT2D eigenvalue weighted by molar-refractivity contribution is 8.10. The fraction of sp³-hybridized carbons (Fsp3) is 0. The highest BCUT2D eigenvalue weighted by atomic mass is 32.2. The Hall–Kier alpha value is -0.130. The zero-order valence-electron chi connectivity index (χ0n) is 4.90. The van der Waals surface area contributed by atoms with Crippen LogP contribution in [0.2, 0.25) is 0 Å². The first-order chi connectivity index (χ1) is 4.79. The molecule has 1 heterocycles. The van der Waals surface area contributed by atoms with Crippen LogP contribution in [0.25, 0.3) is 0 Å². The third kappa shape index (κ3) is 2.64. The first kappa shape index (κ1) is 7.97. The number of thiol groups is 1. The van der Waals surface area contributed by atoms with Crippen molar-refractivity contribution in [2.45, 2.75) is 0 Å². The average molecular weight is 191 g/mol. The van der Waals surface area contributed by atoms with Gasteiger partial charge < -0.3 is 4.74 Å². The Bertz CT molecular complexity index is 199. The smallest absolute Gasteiger partial charge is 0.224 e. The molecule has 0 bridgehead atoms. The van der Waals surface area contributed by atoms with Crippen LogP contribution in [0.4, 0.5) is 0 Å². The maximum Gasteiger partial charge on any atom is 0.224 e. The molecule has 2 nitrogen and oxygen atoms in total. The lowest BCUT2D eigenvalue weighted by atomic mass is 10.6. The van der Waals surface area contributed by atoms with Crippen LogP contribution in [0.5, 0.6) is 0 Å². The third-order valence-corrected chi connectivity index (χ3v) is 1.54. The summed E-state index contributed by atoms with van der Waals surface area (Å²) in [5, 5.41) is 1.90. The first-order valence-electron chi connectivity index (χ1n) is 2.48. The van der Waals surface area contributed by atoms with Crippen LogP contribution in [-0.4, -0.2) is 4.38 Å². The molecule has 5 heteroatoms. The van der Waals surface area contributed by atoms with Gasteiger partial charge in [-0.2, -0.15) is 0 Å². The van der Waals surface area contributed by atoms with Gasteiger partial charge in [0.15, 0.2) is 0 Å². The molecular weight excluding hydrogens is 186 g/mol. The molecule has 1 rings (SSSR count). The zero-order valence-corrected chi connectivity index (χ0v) is 7.43. The molecule has 0 aliphatic carbocycles. The summed E-state index contributed by atoms with van der Waals surface area (Å²) in [6.45, 7) is 0. The van der Waals surface area contributed by atoms with E-state index in [9.17, 15) is 0 Å². The van der Waals surface area contributed by atoms with E-state index in [0.717, 1.165) is 0 Å². The lowest BCUT2D eigenvalue weighted by Gasteiger charge is -2.09. The van der Waals surface area contributed by atoms with Crippen molar-refractivity contribution >= 4 is 41.2 Å². The molecule has 1 aliphatic rings. The van der Waals surface area contributed by atoms with Gasteiger partial charge in [-0.05, 0) is 41.7 Å². The molecule has 0 saturated carbocycles. The summed E-state index contributed by atoms with van der Waals surface area (Å²) in [6, 6.07) is 0. The van der Waals surface area contributed by atoms with E-state index < -0.39 is 0 Å². The van der Waals surface area contributed by atoms with Crippen molar-refractivity contribution in [3.05, 3.63) is 23.4 Å². The fourth-order valence-corrected chi connectivity index (χ4v) is 1.08. The summed E-state index contributed by atoms with van der Waals surface area (Å²) in [5.41, 5.74) is 0. The van der Waals surface area contributed by atoms with Gasteiger partial charge >= 0.3 is 0 Å². The maximum atomic E-state index is 4.96. The van der Waals surface area contributed by atoms with Crippen molar-refractivity contribution in [2.75, 3.05) is 0 Å². The van der Waals surface area contributed by atoms with Crippen LogP contribution < -0.4 is 4.72 Å². The summed E-state index contributed by atoms with van der Waals surface area (Å²) >= 11 is 9.84. The Morgan fingerprint density at radius 1 is 1.80 bits per heavy atom. The molecule has 0 spiro atoms. The van der Waals surface area contributed by atoms with E-state index in [2.05, 4.69) is 29.6 Å². The molecule has 0 unspecified atom stereocenters. The predicted octanol–water partition coefficient (Wildman–Crippen LogP) is 1.82. The van der Waals surface area contributed by atoms with Crippen LogP contribution in [0.15, 0.2) is 23.4 Å². The molecule has 0 atom stereocenters. The van der Waals surface area contributed by atoms with E-state index in [1.54, 1.807) is 6.08 Å². The van der Waals surface area contributed by atoms with Crippen molar-refractivity contribution in [3.63, 3.8) is 0 Å². The Morgan fingerprint density at radius 3 is 3.10 bits per heavy atom. The lowest BCUT2D eigenvalue weighted by Crippen LogP contribution is -2.09. The molecule has 0 aromatic heterocycles. The van der Waals surface area contributed by atoms with E-state index in [1.807, 2.05) is 11.5 Å². The second kappa shape index (κ2) is 3.90. The molecule has 54 valence electrons. The number of hydrogen-bond acceptors (Lipinski definition) is 4. The Kier molecular flexibility index (Phi) is 3.11. The second-order valence-electron chi connectivity index (χ2n) is 1.45. The maximum absolute atomic E-state index is 4.96. The fourth-order valence-electron chi connectivity index (χ4n) is 0.441. The van der Waals surface area contributed by atoms with E-state index in [0.29, 0.717) is 5.88 Å². The SMILES string of the molecule is S=C(S)OC1=CC=CSN1. The Balaban J connectivity index is 2.47. The van der Waals surface area contributed by atoms with Gasteiger partial charge in [0.2, 0.25) is 10.3 Å². The first-order valence-corrected chi connectivity index (χ1v) is 4.22. The summed E-state index contributed by atoms with van der Waals surface area (Å²) < 4.78 is 8.06. The number of nitrogens with one attached hydrogen (secondary N) is 1. The van der Waals surface area contributed by atoms with Gasteiger partial charge in [-0.3, -0.25) is 4.72 Å². The zero-order chi connectivity index (χ0) is 7.40. The van der Waals surface area contributed by atoms with Crippen LogP contribution in [-0.2, 0) is 4.74 Å². The number of allylic oxidation sites excluding steroid dienone is 2. The van der Waals surface area contributed by atoms with Gasteiger partial charge in [-0.25, -0.2) is 0 Å². The van der Waals surface area contributed by atoms with Crippen molar-refractivity contribution in [3.8, 4) is 0 Å². The van der Waals surface area contributed by atoms with E-state index >= 15 is 0 Å². The molecule has 0 radical (unpaired) electrons. The van der Waals surface area contributed by atoms with E-state index in [1.165, 1.54) is 11.9 Å². The number of rotatable bonds is 1. The van der Waals surface area contributed by atoms with Gasteiger partial charge in [0, 0.05) is 0 Å². The quantitative estimate of drug-likeness (QED) is 0.374. The third-order valence-electron chi connectivity index (χ3n) is 0.751. The Labute approximate surface area is 74.2 Å². The molecule has 0 fully saturated rings. The van der Waals surface area contributed by atoms with Gasteiger partial charge in [0.1, 0.15) is 0 Å². The highest BCUT2D eigenvalue weighted by Gasteiger charge is 1.99. The van der Waals surface area contributed by atoms with Gasteiger partial charge in [0.25, 0.3) is 0 Å². The minimum Gasteiger partial charge on any atom is -0.423 e. The van der Waals surface area contributed by atoms with Crippen molar-refractivity contribution in [1.82, 2.24) is 4.72 Å². The van der Waals surface area contributed by atoms with Crippen molar-refractivity contribution in [1.29, 1.82) is 0 Å². The Morgan fingerprint density at radius 2 is 2.60 bits per heavy atom. The molecule has 10 heavy (non-hydrogen) atoms. The predicted molar refractivity (Wildman–Crippen MR) is 50.6 cm³/mol. The molecule has 0 aromatic carbocycles. The van der Waals surface area contributed by atoms with Gasteiger partial charge in [-0.15, -0.1) is 0 Å². The van der Waals surface area contributed by atoms with Crippen LogP contribution in [0.3, 0.4) is 0 Å². The summed E-state index contributed by atoms with van der Waals surface area (Å²) in [4.78, 5) is 0. The van der Waals surface area contributed by atoms with E-state index in [4.69, 9.17) is 4.74 Å².